The number of aromatic nitrogens is 3. The zero-order chi connectivity index (χ0) is 10.8. The topological polar surface area (TPSA) is 39.8 Å². The van der Waals surface area contributed by atoms with Crippen molar-refractivity contribution in [1.82, 2.24) is 14.1 Å². The Morgan fingerprint density at radius 2 is 2.33 bits per heavy atom. The van der Waals surface area contributed by atoms with Crippen LogP contribution < -0.4 is 0 Å². The fourth-order valence-electron chi connectivity index (χ4n) is 1.58. The van der Waals surface area contributed by atoms with E-state index in [9.17, 15) is 4.79 Å². The first-order valence-corrected chi connectivity index (χ1v) is 4.80. The predicted molar refractivity (Wildman–Crippen MR) is 56.7 cm³/mol. The summed E-state index contributed by atoms with van der Waals surface area (Å²) in [5.74, 6) is 0.0853. The Hall–Kier alpha value is -1.84. The van der Waals surface area contributed by atoms with Crippen molar-refractivity contribution in [2.24, 2.45) is 7.05 Å². The Bertz CT molecular complexity index is 481. The van der Waals surface area contributed by atoms with Crippen LogP contribution >= 0.6 is 0 Å². The molecule has 0 aliphatic carbocycles. The lowest BCUT2D eigenvalue weighted by molar-refractivity contribution is 0.100. The Kier molecular flexibility index (Phi) is 2.41. The summed E-state index contributed by atoms with van der Waals surface area (Å²) in [7, 11) is 1.94. The summed E-state index contributed by atoms with van der Waals surface area (Å²) in [6.45, 7) is 2.26. The van der Waals surface area contributed by atoms with Crippen LogP contribution in [0.4, 0.5) is 0 Å². The zero-order valence-corrected chi connectivity index (χ0v) is 8.84. The highest BCUT2D eigenvalue weighted by molar-refractivity contribution is 5.92. The Labute approximate surface area is 88.2 Å². The Morgan fingerprint density at radius 3 is 2.93 bits per heavy atom. The molecule has 0 fully saturated rings. The van der Waals surface area contributed by atoms with E-state index in [4.69, 9.17) is 0 Å². The van der Waals surface area contributed by atoms with Gasteiger partial charge in [-0.15, -0.1) is 0 Å². The van der Waals surface area contributed by atoms with Gasteiger partial charge >= 0.3 is 0 Å². The monoisotopic (exact) mass is 203 g/mol. The molecule has 0 aliphatic heterocycles. The third-order valence-corrected chi connectivity index (χ3v) is 2.44. The number of carbonyl (C=O) groups is 1. The van der Waals surface area contributed by atoms with Crippen LogP contribution in [0.25, 0.3) is 0 Å². The molecule has 2 aromatic rings. The fourth-order valence-corrected chi connectivity index (χ4v) is 1.58. The highest BCUT2D eigenvalue weighted by Gasteiger charge is 2.07. The second kappa shape index (κ2) is 3.73. The molecule has 0 N–H and O–H groups in total. The number of Topliss-reactive ketones (excluding diaryl/α,β-unsaturated/α-hetero) is 1. The van der Waals surface area contributed by atoms with E-state index in [-0.39, 0.29) is 5.78 Å². The first kappa shape index (κ1) is 9.71. The van der Waals surface area contributed by atoms with Gasteiger partial charge in [0.25, 0.3) is 0 Å². The van der Waals surface area contributed by atoms with Crippen LogP contribution in [-0.4, -0.2) is 19.9 Å². The highest BCUT2D eigenvalue weighted by Crippen LogP contribution is 2.07. The number of rotatable bonds is 3. The molecule has 2 heterocycles. The fraction of sp³-hybridized carbons (Fsp3) is 0.273. The number of aryl methyl sites for hydroxylation is 1. The molecule has 0 amide bonds. The molecule has 0 atom stereocenters. The minimum atomic E-state index is 0.0853. The van der Waals surface area contributed by atoms with Crippen LogP contribution in [0.15, 0.2) is 30.9 Å². The van der Waals surface area contributed by atoms with Gasteiger partial charge in [-0.25, -0.2) is 4.98 Å². The molecule has 2 aromatic heterocycles. The molecule has 0 unspecified atom stereocenters. The third kappa shape index (κ3) is 1.83. The molecule has 0 saturated carbocycles. The van der Waals surface area contributed by atoms with Gasteiger partial charge < -0.3 is 9.13 Å². The molecule has 0 bridgehead atoms. The Balaban J connectivity index is 2.28. The molecule has 0 aromatic carbocycles. The summed E-state index contributed by atoms with van der Waals surface area (Å²) in [6, 6.07) is 3.71. The normalized spacial score (nSPS) is 10.5. The average molecular weight is 203 g/mol. The third-order valence-electron chi connectivity index (χ3n) is 2.44. The molecule has 0 spiro atoms. The Morgan fingerprint density at radius 1 is 1.53 bits per heavy atom. The van der Waals surface area contributed by atoms with Gasteiger partial charge in [0.2, 0.25) is 0 Å². The molecule has 0 saturated heterocycles. The van der Waals surface area contributed by atoms with Gasteiger partial charge in [-0.3, -0.25) is 4.79 Å². The summed E-state index contributed by atoms with van der Waals surface area (Å²) >= 11 is 0. The quantitative estimate of drug-likeness (QED) is 0.709. The van der Waals surface area contributed by atoms with E-state index in [1.165, 1.54) is 0 Å². The van der Waals surface area contributed by atoms with E-state index >= 15 is 0 Å². The van der Waals surface area contributed by atoms with Crippen molar-refractivity contribution in [2.45, 2.75) is 13.5 Å². The first-order chi connectivity index (χ1) is 7.18. The van der Waals surface area contributed by atoms with Crippen molar-refractivity contribution in [2.75, 3.05) is 0 Å². The van der Waals surface area contributed by atoms with Gasteiger partial charge in [-0.05, 0) is 12.1 Å². The maximum absolute atomic E-state index is 11.3. The summed E-state index contributed by atoms with van der Waals surface area (Å²) in [5, 5.41) is 0. The second-order valence-electron chi connectivity index (χ2n) is 3.57. The van der Waals surface area contributed by atoms with E-state index in [0.717, 1.165) is 11.4 Å². The maximum atomic E-state index is 11.3. The van der Waals surface area contributed by atoms with Gasteiger partial charge in [0, 0.05) is 26.4 Å². The van der Waals surface area contributed by atoms with Gasteiger partial charge in [-0.2, -0.15) is 0 Å². The number of carbonyl (C=O) groups excluding carboxylic acids is 1. The summed E-state index contributed by atoms with van der Waals surface area (Å²) in [4.78, 5) is 15.3. The van der Waals surface area contributed by atoms with E-state index in [1.54, 1.807) is 13.3 Å². The van der Waals surface area contributed by atoms with E-state index in [0.29, 0.717) is 6.54 Å². The molecule has 78 valence electrons. The van der Waals surface area contributed by atoms with Gasteiger partial charge in [0.05, 0.1) is 24.3 Å². The van der Waals surface area contributed by atoms with Crippen molar-refractivity contribution >= 4 is 5.78 Å². The largest absolute Gasteiger partial charge is 0.339 e. The second-order valence-corrected chi connectivity index (χ2v) is 3.57. The predicted octanol–water partition coefficient (Wildman–Crippen LogP) is 1.47. The minimum Gasteiger partial charge on any atom is -0.339 e. The molecule has 0 aliphatic rings. The van der Waals surface area contributed by atoms with Crippen LogP contribution in [0.1, 0.15) is 23.1 Å². The number of imidazole rings is 1. The lowest BCUT2D eigenvalue weighted by Crippen LogP contribution is -2.08. The van der Waals surface area contributed by atoms with Gasteiger partial charge in [0.15, 0.2) is 5.78 Å². The molecule has 4 heteroatoms. The minimum absolute atomic E-state index is 0.0853. The van der Waals surface area contributed by atoms with Crippen molar-refractivity contribution in [3.63, 3.8) is 0 Å². The number of hydrogen-bond donors (Lipinski definition) is 0. The lowest BCUT2D eigenvalue weighted by atomic mass is 10.3. The molecule has 4 nitrogen and oxygen atoms in total. The number of nitrogens with zero attached hydrogens (tertiary/aromatic N) is 3. The smallest absolute Gasteiger partial charge is 0.176 e. The number of hydrogen-bond acceptors (Lipinski definition) is 2. The molecular formula is C11H13N3O. The van der Waals surface area contributed by atoms with Crippen LogP contribution in [0.5, 0.6) is 0 Å². The van der Waals surface area contributed by atoms with Crippen LogP contribution in [0.3, 0.4) is 0 Å². The maximum Gasteiger partial charge on any atom is 0.176 e. The summed E-state index contributed by atoms with van der Waals surface area (Å²) in [6.07, 6.45) is 5.47. The van der Waals surface area contributed by atoms with Crippen molar-refractivity contribution in [3.05, 3.63) is 42.2 Å². The van der Waals surface area contributed by atoms with Crippen LogP contribution in [0, 0.1) is 0 Å². The standard InChI is InChI=1S/C11H13N3O/c1-9(15)11-4-3-5-14(11)7-10-6-12-8-13(10)2/h3-6,8H,7H2,1-2H3. The average Bonchev–Trinajstić information content (AvgIpc) is 2.77. The molecule has 15 heavy (non-hydrogen) atoms. The number of ketones is 1. The lowest BCUT2D eigenvalue weighted by Gasteiger charge is -2.07. The van der Waals surface area contributed by atoms with E-state index in [2.05, 4.69) is 4.98 Å². The van der Waals surface area contributed by atoms with E-state index < -0.39 is 0 Å². The van der Waals surface area contributed by atoms with Gasteiger partial charge in [-0.1, -0.05) is 0 Å². The zero-order valence-electron chi connectivity index (χ0n) is 8.84. The summed E-state index contributed by atoms with van der Waals surface area (Å²) < 4.78 is 3.88. The molecular weight excluding hydrogens is 190 g/mol. The summed E-state index contributed by atoms with van der Waals surface area (Å²) in [5.41, 5.74) is 1.81. The van der Waals surface area contributed by atoms with Crippen molar-refractivity contribution in [3.8, 4) is 0 Å². The molecule has 0 radical (unpaired) electrons. The van der Waals surface area contributed by atoms with Crippen LogP contribution in [0.2, 0.25) is 0 Å². The van der Waals surface area contributed by atoms with Crippen molar-refractivity contribution < 1.29 is 4.79 Å². The first-order valence-electron chi connectivity index (χ1n) is 4.80. The SMILES string of the molecule is CC(=O)c1cccn1Cc1cncn1C. The van der Waals surface area contributed by atoms with E-state index in [1.807, 2.05) is 40.7 Å². The molecule has 2 rings (SSSR count). The van der Waals surface area contributed by atoms with Gasteiger partial charge in [0.1, 0.15) is 0 Å². The van der Waals surface area contributed by atoms with Crippen molar-refractivity contribution in [1.29, 1.82) is 0 Å². The highest BCUT2D eigenvalue weighted by atomic mass is 16.1. The van der Waals surface area contributed by atoms with Crippen LogP contribution in [-0.2, 0) is 13.6 Å².